The molecule has 164 valence electrons. The number of carbonyl (C=O) groups excluding carboxylic acids is 1. The van der Waals surface area contributed by atoms with Gasteiger partial charge in [0.1, 0.15) is 5.82 Å². The van der Waals surface area contributed by atoms with Crippen LogP contribution in [-0.4, -0.2) is 47.8 Å². The molecule has 3 aliphatic rings. The quantitative estimate of drug-likeness (QED) is 0.782. The summed E-state index contributed by atoms with van der Waals surface area (Å²) < 4.78 is 5.65. The maximum absolute atomic E-state index is 12.1. The van der Waals surface area contributed by atoms with E-state index in [4.69, 9.17) is 14.7 Å². The topological polar surface area (TPSA) is 79.4 Å². The highest BCUT2D eigenvalue weighted by molar-refractivity contribution is 5.89. The Morgan fingerprint density at radius 3 is 2.65 bits per heavy atom. The Morgan fingerprint density at radius 1 is 1.10 bits per heavy atom. The van der Waals surface area contributed by atoms with Crippen molar-refractivity contribution in [2.24, 2.45) is 0 Å². The van der Waals surface area contributed by atoms with Crippen molar-refractivity contribution < 1.29 is 9.53 Å². The summed E-state index contributed by atoms with van der Waals surface area (Å²) in [6.45, 7) is 4.54. The molecule has 0 unspecified atom stereocenters. The third-order valence-corrected chi connectivity index (χ3v) is 6.64. The molecule has 1 aromatic carbocycles. The minimum atomic E-state index is -0.133. The standard InChI is InChI=1S/C24H31N5O2/c1-16-15-31-14-13-29(16)23-20-7-2-3-8-21(20)27-22(28-23)17-9-11-19(12-10-17)26-24(30)25-18-5-4-6-18/h9-12,16,18H,2-8,13-15H2,1H3,(H2,25,26,30)/t16-/m0/s1. The van der Waals surface area contributed by atoms with Crippen LogP contribution in [0.25, 0.3) is 11.4 Å². The minimum Gasteiger partial charge on any atom is -0.377 e. The number of aryl methyl sites for hydroxylation is 1. The van der Waals surface area contributed by atoms with Crippen LogP contribution in [0, 0.1) is 0 Å². The zero-order chi connectivity index (χ0) is 21.2. The number of benzene rings is 1. The molecule has 0 spiro atoms. The van der Waals surface area contributed by atoms with Gasteiger partial charge in [0.25, 0.3) is 0 Å². The first-order valence-electron chi connectivity index (χ1n) is 11.6. The van der Waals surface area contributed by atoms with Gasteiger partial charge >= 0.3 is 6.03 Å². The Balaban J connectivity index is 1.39. The van der Waals surface area contributed by atoms with E-state index in [-0.39, 0.29) is 6.03 Å². The highest BCUT2D eigenvalue weighted by Gasteiger charge is 2.27. The fraction of sp³-hybridized carbons (Fsp3) is 0.542. The Hall–Kier alpha value is -2.67. The summed E-state index contributed by atoms with van der Waals surface area (Å²) in [6, 6.07) is 8.34. The lowest BCUT2D eigenvalue weighted by molar-refractivity contribution is 0.0984. The molecule has 2 heterocycles. The monoisotopic (exact) mass is 421 g/mol. The van der Waals surface area contributed by atoms with Crippen LogP contribution in [0.5, 0.6) is 0 Å². The van der Waals surface area contributed by atoms with Crippen LogP contribution in [-0.2, 0) is 17.6 Å². The summed E-state index contributed by atoms with van der Waals surface area (Å²) in [4.78, 5) is 24.5. The number of hydrogen-bond donors (Lipinski definition) is 2. The number of aromatic nitrogens is 2. The molecule has 2 aromatic rings. The SMILES string of the molecule is C[C@H]1COCCN1c1nc(-c2ccc(NC(=O)NC3CCC3)cc2)nc2c1CCCC2. The summed E-state index contributed by atoms with van der Waals surface area (Å²) >= 11 is 0. The highest BCUT2D eigenvalue weighted by Crippen LogP contribution is 2.32. The summed E-state index contributed by atoms with van der Waals surface area (Å²) in [7, 11) is 0. The first-order chi connectivity index (χ1) is 15.2. The van der Waals surface area contributed by atoms with Crippen molar-refractivity contribution in [1.82, 2.24) is 15.3 Å². The van der Waals surface area contributed by atoms with E-state index >= 15 is 0 Å². The Kier molecular flexibility index (Phi) is 5.76. The van der Waals surface area contributed by atoms with E-state index in [0.29, 0.717) is 12.1 Å². The van der Waals surface area contributed by atoms with Gasteiger partial charge in [-0.25, -0.2) is 14.8 Å². The second-order valence-electron chi connectivity index (χ2n) is 8.92. The summed E-state index contributed by atoms with van der Waals surface area (Å²) in [5, 5.41) is 5.93. The number of fused-ring (bicyclic) bond motifs is 1. The van der Waals surface area contributed by atoms with E-state index in [1.54, 1.807) is 0 Å². The summed E-state index contributed by atoms with van der Waals surface area (Å²) in [5.41, 5.74) is 4.25. The van der Waals surface area contributed by atoms with Gasteiger partial charge in [-0.05, 0) is 76.1 Å². The molecule has 1 saturated carbocycles. The number of hydrogen-bond acceptors (Lipinski definition) is 5. The summed E-state index contributed by atoms with van der Waals surface area (Å²) in [5.74, 6) is 1.84. The van der Waals surface area contributed by atoms with Crippen LogP contribution < -0.4 is 15.5 Å². The molecule has 2 amide bonds. The Labute approximate surface area is 183 Å². The lowest BCUT2D eigenvalue weighted by atomic mass is 9.93. The van der Waals surface area contributed by atoms with E-state index in [0.717, 1.165) is 68.3 Å². The smallest absolute Gasteiger partial charge is 0.319 e. The molecule has 1 saturated heterocycles. The lowest BCUT2D eigenvalue weighted by Crippen LogP contribution is -2.45. The van der Waals surface area contributed by atoms with Crippen molar-refractivity contribution in [3.05, 3.63) is 35.5 Å². The van der Waals surface area contributed by atoms with Crippen molar-refractivity contribution in [3.8, 4) is 11.4 Å². The van der Waals surface area contributed by atoms with Gasteiger partial charge in [-0.2, -0.15) is 0 Å². The molecule has 7 nitrogen and oxygen atoms in total. The van der Waals surface area contributed by atoms with Gasteiger partial charge in [-0.1, -0.05) is 0 Å². The number of nitrogens with zero attached hydrogens (tertiary/aromatic N) is 3. The zero-order valence-electron chi connectivity index (χ0n) is 18.2. The van der Waals surface area contributed by atoms with Crippen molar-refractivity contribution in [3.63, 3.8) is 0 Å². The first-order valence-corrected chi connectivity index (χ1v) is 11.6. The number of carbonyl (C=O) groups is 1. The molecule has 2 aliphatic carbocycles. The van der Waals surface area contributed by atoms with Gasteiger partial charge in [-0.3, -0.25) is 0 Å². The molecule has 1 atom stereocenters. The normalized spacial score (nSPS) is 21.2. The van der Waals surface area contributed by atoms with E-state index in [9.17, 15) is 4.79 Å². The minimum absolute atomic E-state index is 0.133. The van der Waals surface area contributed by atoms with E-state index < -0.39 is 0 Å². The van der Waals surface area contributed by atoms with Gasteiger partial charge in [-0.15, -0.1) is 0 Å². The van der Waals surface area contributed by atoms with Crippen LogP contribution >= 0.6 is 0 Å². The number of ether oxygens (including phenoxy) is 1. The fourth-order valence-corrected chi connectivity index (χ4v) is 4.59. The van der Waals surface area contributed by atoms with Crippen molar-refractivity contribution in [2.75, 3.05) is 30.0 Å². The third-order valence-electron chi connectivity index (χ3n) is 6.64. The molecule has 2 fully saturated rings. The molecule has 1 aliphatic heterocycles. The van der Waals surface area contributed by atoms with Crippen LogP contribution in [0.2, 0.25) is 0 Å². The van der Waals surface area contributed by atoms with Crippen molar-refractivity contribution >= 4 is 17.5 Å². The second kappa shape index (κ2) is 8.83. The maximum Gasteiger partial charge on any atom is 0.319 e. The molecule has 0 radical (unpaired) electrons. The average molecular weight is 422 g/mol. The average Bonchev–Trinajstić information content (AvgIpc) is 2.76. The van der Waals surface area contributed by atoms with Crippen LogP contribution in [0.1, 0.15) is 50.3 Å². The van der Waals surface area contributed by atoms with Crippen molar-refractivity contribution in [1.29, 1.82) is 0 Å². The first kappa shape index (κ1) is 20.2. The number of morpholine rings is 1. The third kappa shape index (κ3) is 4.37. The Morgan fingerprint density at radius 2 is 1.90 bits per heavy atom. The number of nitrogens with one attached hydrogen (secondary N) is 2. The van der Waals surface area contributed by atoms with Crippen molar-refractivity contribution in [2.45, 2.75) is 64.0 Å². The summed E-state index contributed by atoms with van der Waals surface area (Å²) in [6.07, 6.45) is 7.79. The highest BCUT2D eigenvalue weighted by atomic mass is 16.5. The molecule has 2 N–H and O–H groups in total. The Bertz CT molecular complexity index is 942. The van der Waals surface area contributed by atoms with Crippen LogP contribution in [0.4, 0.5) is 16.3 Å². The van der Waals surface area contributed by atoms with E-state index in [1.165, 1.54) is 30.5 Å². The maximum atomic E-state index is 12.1. The van der Waals surface area contributed by atoms with Gasteiger partial charge < -0.3 is 20.3 Å². The van der Waals surface area contributed by atoms with E-state index in [1.807, 2.05) is 24.3 Å². The number of anilines is 2. The van der Waals surface area contributed by atoms with Gasteiger partial charge in [0.2, 0.25) is 0 Å². The number of urea groups is 1. The van der Waals surface area contributed by atoms with E-state index in [2.05, 4.69) is 22.5 Å². The second-order valence-corrected chi connectivity index (χ2v) is 8.92. The van der Waals surface area contributed by atoms with Crippen LogP contribution in [0.3, 0.4) is 0 Å². The number of amides is 2. The molecular weight excluding hydrogens is 390 g/mol. The predicted molar refractivity (Wildman–Crippen MR) is 122 cm³/mol. The van der Waals surface area contributed by atoms with Gasteiger partial charge in [0, 0.05) is 35.1 Å². The largest absolute Gasteiger partial charge is 0.377 e. The lowest BCUT2D eigenvalue weighted by Gasteiger charge is -2.36. The molecule has 1 aromatic heterocycles. The molecule has 0 bridgehead atoms. The molecule has 5 rings (SSSR count). The molecular formula is C24H31N5O2. The predicted octanol–water partition coefficient (Wildman–Crippen LogP) is 3.92. The fourth-order valence-electron chi connectivity index (χ4n) is 4.59. The van der Waals surface area contributed by atoms with Gasteiger partial charge in [0.15, 0.2) is 5.82 Å². The van der Waals surface area contributed by atoms with Crippen LogP contribution in [0.15, 0.2) is 24.3 Å². The van der Waals surface area contributed by atoms with Gasteiger partial charge in [0.05, 0.1) is 19.3 Å². The number of rotatable bonds is 4. The molecule has 7 heteroatoms. The zero-order valence-corrected chi connectivity index (χ0v) is 18.2. The molecule has 31 heavy (non-hydrogen) atoms.